The maximum absolute atomic E-state index is 11.1. The van der Waals surface area contributed by atoms with Crippen LogP contribution < -0.4 is 4.74 Å². The second-order valence-electron chi connectivity index (χ2n) is 5.07. The highest BCUT2D eigenvalue weighted by Crippen LogP contribution is 2.15. The van der Waals surface area contributed by atoms with Gasteiger partial charge in [-0.05, 0) is 25.5 Å². The summed E-state index contributed by atoms with van der Waals surface area (Å²) >= 11 is 0. The average Bonchev–Trinajstić information content (AvgIpc) is 2.89. The number of ether oxygens (including phenoxy) is 1. The summed E-state index contributed by atoms with van der Waals surface area (Å²) in [5.41, 5.74) is 2.28. The number of aldehydes is 1. The number of carbonyl (C=O) groups is 1. The van der Waals surface area contributed by atoms with Crippen molar-refractivity contribution in [2.75, 3.05) is 0 Å². The highest BCUT2D eigenvalue weighted by molar-refractivity contribution is 5.73. The highest BCUT2D eigenvalue weighted by atomic mass is 16.5. The Kier molecular flexibility index (Phi) is 5.49. The molecule has 21 heavy (non-hydrogen) atoms. The second-order valence-corrected chi connectivity index (χ2v) is 5.07. The van der Waals surface area contributed by atoms with E-state index in [0.717, 1.165) is 43.5 Å². The first kappa shape index (κ1) is 15.2. The predicted molar refractivity (Wildman–Crippen MR) is 80.4 cm³/mol. The molecule has 112 valence electrons. The second kappa shape index (κ2) is 7.57. The quantitative estimate of drug-likeness (QED) is 0.553. The average molecular weight is 287 g/mol. The first-order chi connectivity index (χ1) is 10.2. The van der Waals surface area contributed by atoms with Gasteiger partial charge in [-0.25, -0.2) is 4.68 Å². The lowest BCUT2D eigenvalue weighted by atomic mass is 10.2. The molecule has 0 aliphatic heterocycles. The number of hydrogen-bond donors (Lipinski definition) is 0. The number of unbranched alkanes of at least 4 members (excludes halogenated alkanes) is 2. The van der Waals surface area contributed by atoms with Gasteiger partial charge in [0.1, 0.15) is 18.1 Å². The standard InChI is InChI=1S/C16H21N3O2/c1-3-4-5-10-19-16(15(11-20)17-18-19)12-21-14-8-6-13(2)7-9-14/h6-9,11H,3-5,10,12H2,1-2H3. The minimum atomic E-state index is 0.302. The van der Waals surface area contributed by atoms with Crippen LogP contribution in [0.15, 0.2) is 24.3 Å². The largest absolute Gasteiger partial charge is 0.487 e. The molecule has 0 aliphatic rings. The first-order valence-electron chi connectivity index (χ1n) is 7.31. The Morgan fingerprint density at radius 3 is 2.67 bits per heavy atom. The van der Waals surface area contributed by atoms with E-state index in [-0.39, 0.29) is 0 Å². The summed E-state index contributed by atoms with van der Waals surface area (Å²) in [6.07, 6.45) is 4.03. The highest BCUT2D eigenvalue weighted by Gasteiger charge is 2.12. The van der Waals surface area contributed by atoms with Gasteiger partial charge in [-0.15, -0.1) is 5.10 Å². The molecule has 2 aromatic rings. The zero-order chi connectivity index (χ0) is 15.1. The van der Waals surface area contributed by atoms with Gasteiger partial charge in [-0.2, -0.15) is 0 Å². The predicted octanol–water partition coefficient (Wildman–Crippen LogP) is 3.17. The van der Waals surface area contributed by atoms with E-state index in [2.05, 4.69) is 17.2 Å². The van der Waals surface area contributed by atoms with Crippen LogP contribution in [0.2, 0.25) is 0 Å². The van der Waals surface area contributed by atoms with Crippen LogP contribution in [0, 0.1) is 6.92 Å². The zero-order valence-corrected chi connectivity index (χ0v) is 12.6. The molecule has 0 fully saturated rings. The van der Waals surface area contributed by atoms with E-state index in [4.69, 9.17) is 4.74 Å². The van der Waals surface area contributed by atoms with Crippen LogP contribution in [0.5, 0.6) is 5.75 Å². The third kappa shape index (κ3) is 4.15. The lowest BCUT2D eigenvalue weighted by Gasteiger charge is -2.09. The normalized spacial score (nSPS) is 10.6. The SMILES string of the molecule is CCCCCn1nnc(C=O)c1COc1ccc(C)cc1. The maximum atomic E-state index is 11.1. The fourth-order valence-electron chi connectivity index (χ4n) is 2.06. The van der Waals surface area contributed by atoms with Gasteiger partial charge >= 0.3 is 0 Å². The van der Waals surface area contributed by atoms with E-state index < -0.39 is 0 Å². The van der Waals surface area contributed by atoms with E-state index >= 15 is 0 Å². The van der Waals surface area contributed by atoms with Crippen LogP contribution in [-0.2, 0) is 13.2 Å². The molecule has 0 spiro atoms. The Morgan fingerprint density at radius 1 is 1.24 bits per heavy atom. The molecule has 1 aromatic heterocycles. The van der Waals surface area contributed by atoms with Gasteiger partial charge in [0.25, 0.3) is 0 Å². The van der Waals surface area contributed by atoms with Crippen molar-refractivity contribution in [2.45, 2.75) is 46.3 Å². The van der Waals surface area contributed by atoms with Crippen molar-refractivity contribution in [2.24, 2.45) is 0 Å². The van der Waals surface area contributed by atoms with Crippen molar-refractivity contribution in [1.82, 2.24) is 15.0 Å². The molecule has 0 radical (unpaired) electrons. The monoisotopic (exact) mass is 287 g/mol. The Labute approximate surface area is 124 Å². The summed E-state index contributed by atoms with van der Waals surface area (Å²) in [6, 6.07) is 7.82. The minimum absolute atomic E-state index is 0.302. The van der Waals surface area contributed by atoms with Crippen molar-refractivity contribution in [3.05, 3.63) is 41.2 Å². The Bertz CT molecular complexity index is 576. The van der Waals surface area contributed by atoms with E-state index in [9.17, 15) is 4.79 Å². The summed E-state index contributed by atoms with van der Waals surface area (Å²) in [6.45, 7) is 5.25. The molecular formula is C16H21N3O2. The number of nitrogens with zero attached hydrogens (tertiary/aromatic N) is 3. The van der Waals surface area contributed by atoms with Gasteiger partial charge in [0, 0.05) is 6.54 Å². The molecule has 5 nitrogen and oxygen atoms in total. The van der Waals surface area contributed by atoms with Crippen LogP contribution in [-0.4, -0.2) is 21.3 Å². The maximum Gasteiger partial charge on any atom is 0.172 e. The number of benzene rings is 1. The Balaban J connectivity index is 2.04. The van der Waals surface area contributed by atoms with E-state index in [1.807, 2.05) is 31.2 Å². The molecule has 0 amide bonds. The van der Waals surface area contributed by atoms with Crippen LogP contribution in [0.1, 0.15) is 47.9 Å². The van der Waals surface area contributed by atoms with Crippen LogP contribution in [0.25, 0.3) is 0 Å². The third-order valence-corrected chi connectivity index (χ3v) is 3.35. The van der Waals surface area contributed by atoms with Crippen molar-refractivity contribution in [3.63, 3.8) is 0 Å². The number of carbonyl (C=O) groups excluding carboxylic acids is 1. The number of aromatic nitrogens is 3. The third-order valence-electron chi connectivity index (χ3n) is 3.35. The lowest BCUT2D eigenvalue weighted by molar-refractivity contribution is 0.111. The molecule has 1 heterocycles. The molecule has 0 saturated carbocycles. The van der Waals surface area contributed by atoms with E-state index in [1.54, 1.807) is 4.68 Å². The molecule has 0 bridgehead atoms. The summed E-state index contributed by atoms with van der Waals surface area (Å²) in [7, 11) is 0. The smallest absolute Gasteiger partial charge is 0.172 e. The summed E-state index contributed by atoms with van der Waals surface area (Å²) in [5.74, 6) is 0.777. The lowest BCUT2D eigenvalue weighted by Crippen LogP contribution is -2.09. The van der Waals surface area contributed by atoms with Crippen molar-refractivity contribution >= 4 is 6.29 Å². The number of hydrogen-bond acceptors (Lipinski definition) is 4. The van der Waals surface area contributed by atoms with Gasteiger partial charge in [0.05, 0.1) is 0 Å². The van der Waals surface area contributed by atoms with Crippen LogP contribution in [0.4, 0.5) is 0 Å². The summed E-state index contributed by atoms with van der Waals surface area (Å²) in [4.78, 5) is 11.1. The fraction of sp³-hybridized carbons (Fsp3) is 0.438. The molecule has 0 aliphatic carbocycles. The Hall–Kier alpha value is -2.17. The van der Waals surface area contributed by atoms with Gasteiger partial charge in [0.15, 0.2) is 12.0 Å². The summed E-state index contributed by atoms with van der Waals surface area (Å²) in [5, 5.41) is 7.95. The molecule has 2 rings (SSSR count). The summed E-state index contributed by atoms with van der Waals surface area (Å²) < 4.78 is 7.51. The van der Waals surface area contributed by atoms with Crippen molar-refractivity contribution in [1.29, 1.82) is 0 Å². The molecule has 0 unspecified atom stereocenters. The molecule has 0 saturated heterocycles. The minimum Gasteiger partial charge on any atom is -0.487 e. The van der Waals surface area contributed by atoms with Gasteiger partial charge in [0.2, 0.25) is 0 Å². The molecule has 1 aromatic carbocycles. The van der Waals surface area contributed by atoms with Crippen LogP contribution >= 0.6 is 0 Å². The van der Waals surface area contributed by atoms with Gasteiger partial charge in [-0.3, -0.25) is 4.79 Å². The molecular weight excluding hydrogens is 266 g/mol. The topological polar surface area (TPSA) is 57.0 Å². The van der Waals surface area contributed by atoms with E-state index in [0.29, 0.717) is 12.3 Å². The number of rotatable bonds is 8. The first-order valence-corrected chi connectivity index (χ1v) is 7.31. The van der Waals surface area contributed by atoms with Crippen LogP contribution in [0.3, 0.4) is 0 Å². The van der Waals surface area contributed by atoms with Gasteiger partial charge in [-0.1, -0.05) is 42.7 Å². The fourth-order valence-corrected chi connectivity index (χ4v) is 2.06. The van der Waals surface area contributed by atoms with Crippen molar-refractivity contribution in [3.8, 4) is 5.75 Å². The van der Waals surface area contributed by atoms with Gasteiger partial charge < -0.3 is 4.74 Å². The Morgan fingerprint density at radius 2 is 2.00 bits per heavy atom. The molecule has 0 N–H and O–H groups in total. The van der Waals surface area contributed by atoms with E-state index in [1.165, 1.54) is 5.56 Å². The van der Waals surface area contributed by atoms with Crippen molar-refractivity contribution < 1.29 is 9.53 Å². The molecule has 0 atom stereocenters. The molecule has 5 heteroatoms. The zero-order valence-electron chi connectivity index (χ0n) is 12.6. The number of aryl methyl sites for hydroxylation is 2.